The molecule has 0 amide bonds. The molecule has 1 unspecified atom stereocenters. The highest BCUT2D eigenvalue weighted by Gasteiger charge is 2.14. The van der Waals surface area contributed by atoms with E-state index in [2.05, 4.69) is 58.6 Å². The van der Waals surface area contributed by atoms with Gasteiger partial charge in [0, 0.05) is 21.2 Å². The number of likely N-dealkylation sites (N-methyl/N-ethyl adjacent to an activating group) is 1. The number of hydrogen-bond acceptors (Lipinski definition) is 2. The number of thioether (sulfide) groups is 1. The van der Waals surface area contributed by atoms with Crippen molar-refractivity contribution in [3.8, 4) is 0 Å². The van der Waals surface area contributed by atoms with Gasteiger partial charge in [-0.3, -0.25) is 0 Å². The van der Waals surface area contributed by atoms with E-state index in [9.17, 15) is 0 Å². The fourth-order valence-corrected chi connectivity index (χ4v) is 3.97. The maximum atomic E-state index is 3.52. The fourth-order valence-electron chi connectivity index (χ4n) is 2.29. The molecule has 0 radical (unpaired) electrons. The van der Waals surface area contributed by atoms with E-state index in [1.807, 2.05) is 11.8 Å². The third-order valence-corrected chi connectivity index (χ3v) is 4.92. The fraction of sp³-hybridized carbons (Fsp3) is 0.467. The summed E-state index contributed by atoms with van der Waals surface area (Å²) in [6, 6.07) is 9.06. The Morgan fingerprint density at radius 2 is 2.28 bits per heavy atom. The zero-order chi connectivity index (χ0) is 12.8. The van der Waals surface area contributed by atoms with Gasteiger partial charge in [-0.2, -0.15) is 0 Å². The molecule has 1 aliphatic carbocycles. The van der Waals surface area contributed by atoms with E-state index in [4.69, 9.17) is 0 Å². The van der Waals surface area contributed by atoms with Gasteiger partial charge >= 0.3 is 0 Å². The van der Waals surface area contributed by atoms with Crippen LogP contribution in [0.3, 0.4) is 0 Å². The molecule has 0 fully saturated rings. The number of nitrogens with one attached hydrogen (secondary N) is 1. The lowest BCUT2D eigenvalue weighted by Gasteiger charge is -2.22. The number of hydrogen-bond donors (Lipinski definition) is 1. The molecule has 1 aliphatic rings. The molecule has 0 aromatic heterocycles. The third-order valence-electron chi connectivity index (χ3n) is 3.33. The molecule has 0 aliphatic heterocycles. The Labute approximate surface area is 123 Å². The van der Waals surface area contributed by atoms with Crippen LogP contribution in [0.25, 0.3) is 0 Å². The predicted molar refractivity (Wildman–Crippen MR) is 84.3 cm³/mol. The first-order chi connectivity index (χ1) is 8.79. The smallest absolute Gasteiger partial charge is 0.0371 e. The molecule has 0 heterocycles. The van der Waals surface area contributed by atoms with Crippen molar-refractivity contribution in [2.75, 3.05) is 12.8 Å². The highest BCUT2D eigenvalue weighted by atomic mass is 79.9. The van der Waals surface area contributed by atoms with Crippen molar-refractivity contribution in [3.63, 3.8) is 0 Å². The molecule has 1 aromatic carbocycles. The Morgan fingerprint density at radius 1 is 1.39 bits per heavy atom. The molecule has 0 saturated carbocycles. The second-order valence-corrected chi connectivity index (χ2v) is 6.64. The van der Waals surface area contributed by atoms with E-state index in [-0.39, 0.29) is 0 Å². The maximum Gasteiger partial charge on any atom is 0.0371 e. The summed E-state index contributed by atoms with van der Waals surface area (Å²) in [5.41, 5.74) is 1.60. The van der Waals surface area contributed by atoms with Crippen LogP contribution in [0.2, 0.25) is 0 Å². The van der Waals surface area contributed by atoms with Gasteiger partial charge in [0.25, 0.3) is 0 Å². The van der Waals surface area contributed by atoms with Crippen molar-refractivity contribution in [3.05, 3.63) is 40.4 Å². The van der Waals surface area contributed by atoms with E-state index in [1.165, 1.54) is 30.6 Å². The third kappa shape index (κ3) is 4.15. The summed E-state index contributed by atoms with van der Waals surface area (Å²) in [5, 5.41) is 3.46. The van der Waals surface area contributed by atoms with Gasteiger partial charge in [0.1, 0.15) is 0 Å². The number of halogens is 1. The summed E-state index contributed by atoms with van der Waals surface area (Å²) in [5.74, 6) is 1.11. The van der Waals surface area contributed by atoms with Crippen molar-refractivity contribution < 1.29 is 0 Å². The Bertz CT molecular complexity index is 417. The van der Waals surface area contributed by atoms with E-state index >= 15 is 0 Å². The Morgan fingerprint density at radius 3 is 2.94 bits per heavy atom. The molecule has 1 N–H and O–H groups in total. The van der Waals surface area contributed by atoms with Crippen LogP contribution in [-0.4, -0.2) is 18.8 Å². The van der Waals surface area contributed by atoms with Gasteiger partial charge in [-0.15, -0.1) is 11.8 Å². The number of rotatable bonds is 5. The van der Waals surface area contributed by atoms with E-state index < -0.39 is 0 Å². The Hall–Kier alpha value is -0.250. The number of allylic oxidation sites excluding steroid dienone is 1. The monoisotopic (exact) mass is 325 g/mol. The van der Waals surface area contributed by atoms with Crippen LogP contribution < -0.4 is 5.32 Å². The highest BCUT2D eigenvalue weighted by Crippen LogP contribution is 2.26. The SMILES string of the molecule is CNC(CSc1cccc(Br)c1)C1=CCCCC1. The molecule has 1 nitrogen and oxygen atoms in total. The van der Waals surface area contributed by atoms with Crippen LogP contribution in [0.1, 0.15) is 25.7 Å². The summed E-state index contributed by atoms with van der Waals surface area (Å²) >= 11 is 5.45. The molecule has 18 heavy (non-hydrogen) atoms. The van der Waals surface area contributed by atoms with Crippen LogP contribution in [0.15, 0.2) is 45.3 Å². The molecule has 0 bridgehead atoms. The average Bonchev–Trinajstić information content (AvgIpc) is 2.41. The number of benzene rings is 1. The van der Waals surface area contributed by atoms with Crippen LogP contribution in [0, 0.1) is 0 Å². The second kappa shape index (κ2) is 7.37. The lowest BCUT2D eigenvalue weighted by molar-refractivity contribution is 0.608. The molecular weight excluding hydrogens is 306 g/mol. The minimum atomic E-state index is 0.522. The highest BCUT2D eigenvalue weighted by molar-refractivity contribution is 9.10. The van der Waals surface area contributed by atoms with Crippen molar-refractivity contribution in [2.24, 2.45) is 0 Å². The van der Waals surface area contributed by atoms with E-state index in [1.54, 1.807) is 5.57 Å². The Balaban J connectivity index is 1.92. The van der Waals surface area contributed by atoms with Gasteiger partial charge in [-0.05, 0) is 50.9 Å². The standard InChI is InChI=1S/C15H20BrNS/c1-17-15(12-6-3-2-4-7-12)11-18-14-9-5-8-13(16)10-14/h5-6,8-10,15,17H,2-4,7,11H2,1H3. The average molecular weight is 326 g/mol. The van der Waals surface area contributed by atoms with Crippen molar-refractivity contribution in [2.45, 2.75) is 36.6 Å². The zero-order valence-corrected chi connectivity index (χ0v) is 13.2. The first-order valence-electron chi connectivity index (χ1n) is 6.54. The topological polar surface area (TPSA) is 12.0 Å². The molecule has 1 aromatic rings. The van der Waals surface area contributed by atoms with Crippen LogP contribution in [0.4, 0.5) is 0 Å². The molecule has 2 rings (SSSR count). The summed E-state index contributed by atoms with van der Waals surface area (Å²) in [6.45, 7) is 0. The van der Waals surface area contributed by atoms with Crippen LogP contribution in [0.5, 0.6) is 0 Å². The quantitative estimate of drug-likeness (QED) is 0.625. The van der Waals surface area contributed by atoms with Gasteiger partial charge in [-0.1, -0.05) is 33.6 Å². The molecule has 0 spiro atoms. The second-order valence-electron chi connectivity index (χ2n) is 4.63. The largest absolute Gasteiger partial charge is 0.313 e. The molecular formula is C15H20BrNS. The summed E-state index contributed by atoms with van der Waals surface area (Å²) in [4.78, 5) is 1.33. The van der Waals surface area contributed by atoms with Gasteiger partial charge in [0.2, 0.25) is 0 Å². The lowest BCUT2D eigenvalue weighted by atomic mass is 9.95. The predicted octanol–water partition coefficient (Wildman–Crippen LogP) is 4.63. The minimum Gasteiger partial charge on any atom is -0.313 e. The summed E-state index contributed by atoms with van der Waals surface area (Å²) in [7, 11) is 2.07. The molecule has 0 saturated heterocycles. The molecule has 98 valence electrons. The summed E-state index contributed by atoms with van der Waals surface area (Å²) < 4.78 is 1.16. The van der Waals surface area contributed by atoms with Crippen LogP contribution >= 0.6 is 27.7 Å². The molecule has 1 atom stereocenters. The normalized spacial score (nSPS) is 17.3. The van der Waals surface area contributed by atoms with Gasteiger partial charge in [0.05, 0.1) is 0 Å². The van der Waals surface area contributed by atoms with E-state index in [0.717, 1.165) is 10.2 Å². The first kappa shape index (κ1) is 14.2. The minimum absolute atomic E-state index is 0.522. The summed E-state index contributed by atoms with van der Waals surface area (Å²) in [6.07, 6.45) is 7.68. The van der Waals surface area contributed by atoms with Gasteiger partial charge in [0.15, 0.2) is 0 Å². The lowest BCUT2D eigenvalue weighted by Crippen LogP contribution is -2.30. The van der Waals surface area contributed by atoms with Gasteiger partial charge in [-0.25, -0.2) is 0 Å². The van der Waals surface area contributed by atoms with Gasteiger partial charge < -0.3 is 5.32 Å². The first-order valence-corrected chi connectivity index (χ1v) is 8.32. The maximum absolute atomic E-state index is 3.52. The zero-order valence-electron chi connectivity index (χ0n) is 10.8. The van der Waals surface area contributed by atoms with Crippen molar-refractivity contribution >= 4 is 27.7 Å². The Kier molecular flexibility index (Phi) is 5.80. The van der Waals surface area contributed by atoms with Crippen molar-refractivity contribution in [1.82, 2.24) is 5.32 Å². The molecule has 3 heteroatoms. The van der Waals surface area contributed by atoms with E-state index in [0.29, 0.717) is 6.04 Å². The van der Waals surface area contributed by atoms with Crippen molar-refractivity contribution in [1.29, 1.82) is 0 Å². The van der Waals surface area contributed by atoms with Crippen LogP contribution in [-0.2, 0) is 0 Å².